The second kappa shape index (κ2) is 4.90. The van der Waals surface area contributed by atoms with Gasteiger partial charge in [-0.25, -0.2) is 14.8 Å². The SMILES string of the molecule is COc1ccc2c(C(=O)O)cc(-c3cscn3)nc2c1. The maximum absolute atomic E-state index is 11.4. The van der Waals surface area contributed by atoms with E-state index >= 15 is 0 Å². The van der Waals surface area contributed by atoms with Gasteiger partial charge >= 0.3 is 5.97 Å². The van der Waals surface area contributed by atoms with Gasteiger partial charge in [-0.1, -0.05) is 0 Å². The van der Waals surface area contributed by atoms with Gasteiger partial charge in [-0.05, 0) is 18.2 Å². The third-order valence-electron chi connectivity index (χ3n) is 2.94. The van der Waals surface area contributed by atoms with E-state index in [9.17, 15) is 9.90 Å². The van der Waals surface area contributed by atoms with Crippen LogP contribution in [0.25, 0.3) is 22.3 Å². The average Bonchev–Trinajstić information content (AvgIpc) is 2.99. The Morgan fingerprint density at radius 2 is 2.15 bits per heavy atom. The van der Waals surface area contributed by atoms with Crippen molar-refractivity contribution in [3.05, 3.63) is 40.7 Å². The molecule has 0 unspecified atom stereocenters. The van der Waals surface area contributed by atoms with Crippen LogP contribution in [0.2, 0.25) is 0 Å². The number of carboxylic acids is 1. The molecule has 1 N–H and O–H groups in total. The summed E-state index contributed by atoms with van der Waals surface area (Å²) in [7, 11) is 1.56. The number of methoxy groups -OCH3 is 1. The lowest BCUT2D eigenvalue weighted by Gasteiger charge is -2.07. The summed E-state index contributed by atoms with van der Waals surface area (Å²) in [6.07, 6.45) is 0. The molecule has 0 aliphatic rings. The molecule has 0 spiro atoms. The number of carbonyl (C=O) groups is 1. The molecule has 2 heterocycles. The van der Waals surface area contributed by atoms with E-state index in [-0.39, 0.29) is 5.56 Å². The van der Waals surface area contributed by atoms with Crippen LogP contribution in [-0.2, 0) is 0 Å². The van der Waals surface area contributed by atoms with Gasteiger partial charge in [0, 0.05) is 16.8 Å². The lowest BCUT2D eigenvalue weighted by atomic mass is 10.1. The van der Waals surface area contributed by atoms with E-state index in [0.29, 0.717) is 28.0 Å². The first-order valence-electron chi connectivity index (χ1n) is 5.79. The quantitative estimate of drug-likeness (QED) is 0.801. The molecule has 3 rings (SSSR count). The van der Waals surface area contributed by atoms with Crippen LogP contribution < -0.4 is 4.74 Å². The summed E-state index contributed by atoms with van der Waals surface area (Å²) < 4.78 is 5.15. The summed E-state index contributed by atoms with van der Waals surface area (Å²) in [5.74, 6) is -0.351. The number of carboxylic acid groups (broad SMARTS) is 1. The van der Waals surface area contributed by atoms with Crippen LogP contribution in [0.5, 0.6) is 5.75 Å². The van der Waals surface area contributed by atoms with E-state index in [0.717, 1.165) is 0 Å². The Bertz CT molecular complexity index is 784. The minimum atomic E-state index is -0.987. The summed E-state index contributed by atoms with van der Waals surface area (Å²) in [6, 6.07) is 6.69. The van der Waals surface area contributed by atoms with E-state index in [1.807, 2.05) is 5.38 Å². The molecule has 0 saturated heterocycles. The van der Waals surface area contributed by atoms with Gasteiger partial charge in [-0.15, -0.1) is 11.3 Å². The molecule has 3 aromatic rings. The van der Waals surface area contributed by atoms with Crippen LogP contribution in [0.1, 0.15) is 10.4 Å². The van der Waals surface area contributed by atoms with Gasteiger partial charge in [0.15, 0.2) is 0 Å². The monoisotopic (exact) mass is 286 g/mol. The van der Waals surface area contributed by atoms with Crippen LogP contribution in [-0.4, -0.2) is 28.2 Å². The minimum Gasteiger partial charge on any atom is -0.497 e. The van der Waals surface area contributed by atoms with Crippen LogP contribution in [0.4, 0.5) is 0 Å². The normalized spacial score (nSPS) is 10.7. The number of aromatic nitrogens is 2. The van der Waals surface area contributed by atoms with Crippen molar-refractivity contribution in [2.75, 3.05) is 7.11 Å². The number of hydrogen-bond donors (Lipinski definition) is 1. The first kappa shape index (κ1) is 12.6. The van der Waals surface area contributed by atoms with E-state index in [1.165, 1.54) is 11.3 Å². The minimum absolute atomic E-state index is 0.209. The molecule has 5 nitrogen and oxygen atoms in total. The summed E-state index contributed by atoms with van der Waals surface area (Å²) in [6.45, 7) is 0. The number of nitrogens with zero attached hydrogens (tertiary/aromatic N) is 2. The largest absolute Gasteiger partial charge is 0.497 e. The average molecular weight is 286 g/mol. The molecule has 20 heavy (non-hydrogen) atoms. The fraction of sp³-hybridized carbons (Fsp3) is 0.0714. The fourth-order valence-corrected chi connectivity index (χ4v) is 2.53. The van der Waals surface area contributed by atoms with Gasteiger partial charge in [-0.2, -0.15) is 0 Å². The zero-order chi connectivity index (χ0) is 14.1. The van der Waals surface area contributed by atoms with Gasteiger partial charge in [0.2, 0.25) is 0 Å². The number of fused-ring (bicyclic) bond motifs is 1. The molecule has 0 atom stereocenters. The number of hydrogen-bond acceptors (Lipinski definition) is 5. The summed E-state index contributed by atoms with van der Waals surface area (Å²) in [5, 5.41) is 11.8. The number of thiazole rings is 1. The van der Waals surface area contributed by atoms with Gasteiger partial charge in [0.25, 0.3) is 0 Å². The molecule has 0 aliphatic carbocycles. The lowest BCUT2D eigenvalue weighted by molar-refractivity contribution is 0.0699. The fourth-order valence-electron chi connectivity index (χ4n) is 1.98. The molecule has 0 radical (unpaired) electrons. The molecule has 0 bridgehead atoms. The first-order valence-corrected chi connectivity index (χ1v) is 6.74. The lowest BCUT2D eigenvalue weighted by Crippen LogP contribution is -2.00. The summed E-state index contributed by atoms with van der Waals surface area (Å²) in [4.78, 5) is 20.1. The highest BCUT2D eigenvalue weighted by Crippen LogP contribution is 2.27. The predicted molar refractivity (Wildman–Crippen MR) is 76.4 cm³/mol. The van der Waals surface area contributed by atoms with Crippen molar-refractivity contribution in [2.45, 2.75) is 0 Å². The van der Waals surface area contributed by atoms with Crippen molar-refractivity contribution < 1.29 is 14.6 Å². The van der Waals surface area contributed by atoms with Gasteiger partial charge in [-0.3, -0.25) is 0 Å². The van der Waals surface area contributed by atoms with Crippen LogP contribution >= 0.6 is 11.3 Å². The van der Waals surface area contributed by atoms with E-state index in [4.69, 9.17) is 4.74 Å². The van der Waals surface area contributed by atoms with Crippen molar-refractivity contribution in [3.8, 4) is 17.1 Å². The number of rotatable bonds is 3. The second-order valence-corrected chi connectivity index (χ2v) is 4.84. The van der Waals surface area contributed by atoms with Crippen LogP contribution in [0.15, 0.2) is 35.2 Å². The smallest absolute Gasteiger partial charge is 0.336 e. The molecule has 0 saturated carbocycles. The molecule has 0 fully saturated rings. The van der Waals surface area contributed by atoms with E-state index < -0.39 is 5.97 Å². The number of pyridine rings is 1. The number of aromatic carboxylic acids is 1. The molecular weight excluding hydrogens is 276 g/mol. The maximum atomic E-state index is 11.4. The number of benzene rings is 1. The Balaban J connectivity index is 2.31. The third-order valence-corrected chi connectivity index (χ3v) is 3.53. The van der Waals surface area contributed by atoms with Crippen molar-refractivity contribution >= 4 is 28.2 Å². The molecule has 6 heteroatoms. The Morgan fingerprint density at radius 3 is 2.80 bits per heavy atom. The Kier molecular flexibility index (Phi) is 3.08. The summed E-state index contributed by atoms with van der Waals surface area (Å²) >= 11 is 1.44. The Morgan fingerprint density at radius 1 is 1.30 bits per heavy atom. The molecule has 0 aliphatic heterocycles. The topological polar surface area (TPSA) is 72.3 Å². The van der Waals surface area contributed by atoms with Gasteiger partial charge < -0.3 is 9.84 Å². The molecule has 1 aromatic carbocycles. The molecule has 0 amide bonds. The highest BCUT2D eigenvalue weighted by Gasteiger charge is 2.14. The Hall–Kier alpha value is -2.47. The van der Waals surface area contributed by atoms with Crippen molar-refractivity contribution in [3.63, 3.8) is 0 Å². The summed E-state index contributed by atoms with van der Waals surface area (Å²) in [5.41, 5.74) is 3.69. The van der Waals surface area contributed by atoms with Crippen LogP contribution in [0, 0.1) is 0 Å². The highest BCUT2D eigenvalue weighted by molar-refractivity contribution is 7.07. The molecular formula is C14H10N2O3S. The maximum Gasteiger partial charge on any atom is 0.336 e. The van der Waals surface area contributed by atoms with Crippen LogP contribution in [0.3, 0.4) is 0 Å². The van der Waals surface area contributed by atoms with Gasteiger partial charge in [0.05, 0.1) is 35.1 Å². The number of ether oxygens (including phenoxy) is 1. The second-order valence-electron chi connectivity index (χ2n) is 4.12. The molecule has 100 valence electrons. The Labute approximate surface area is 118 Å². The highest BCUT2D eigenvalue weighted by atomic mass is 32.1. The van der Waals surface area contributed by atoms with Gasteiger partial charge in [0.1, 0.15) is 5.75 Å². The zero-order valence-corrected chi connectivity index (χ0v) is 11.3. The molecule has 2 aromatic heterocycles. The standard InChI is InChI=1S/C14H10N2O3S/c1-19-8-2-3-9-10(14(17)18)5-12(16-11(9)4-8)13-6-20-7-15-13/h2-7H,1H3,(H,17,18). The first-order chi connectivity index (χ1) is 9.69. The van der Waals surface area contributed by atoms with Crippen molar-refractivity contribution in [1.82, 2.24) is 9.97 Å². The third kappa shape index (κ3) is 2.10. The van der Waals surface area contributed by atoms with E-state index in [2.05, 4.69) is 9.97 Å². The van der Waals surface area contributed by atoms with E-state index in [1.54, 1.807) is 36.9 Å². The van der Waals surface area contributed by atoms with Crippen molar-refractivity contribution in [2.24, 2.45) is 0 Å². The predicted octanol–water partition coefficient (Wildman–Crippen LogP) is 3.07. The zero-order valence-electron chi connectivity index (χ0n) is 10.5. The van der Waals surface area contributed by atoms with Crippen molar-refractivity contribution in [1.29, 1.82) is 0 Å².